The van der Waals surface area contributed by atoms with Gasteiger partial charge in [0.15, 0.2) is 0 Å². The molecule has 0 aromatic rings. The summed E-state index contributed by atoms with van der Waals surface area (Å²) >= 11 is 0. The van der Waals surface area contributed by atoms with Gasteiger partial charge in [-0.25, -0.2) is 0 Å². The fraction of sp³-hybridized carbons (Fsp3) is 0.846. The zero-order valence-corrected chi connectivity index (χ0v) is 12.5. The van der Waals surface area contributed by atoms with Crippen molar-refractivity contribution in [3.63, 3.8) is 0 Å². The molecule has 0 bridgehead atoms. The Bertz CT molecular complexity index is 458. The predicted octanol–water partition coefficient (Wildman–Crippen LogP) is 3.22. The van der Waals surface area contributed by atoms with Crippen molar-refractivity contribution in [1.29, 1.82) is 0 Å². The minimum atomic E-state index is -6.01. The highest BCUT2D eigenvalue weighted by atomic mass is 19.4. The molecule has 0 aromatic heterocycles. The molecule has 1 aliphatic carbocycles. The molecule has 2 atom stereocenters. The van der Waals surface area contributed by atoms with Crippen LogP contribution in [0.4, 0.5) is 26.3 Å². The first-order valence-electron chi connectivity index (χ1n) is 7.00. The van der Waals surface area contributed by atoms with Gasteiger partial charge in [0.25, 0.3) is 5.60 Å². The molecule has 1 fully saturated rings. The third-order valence-electron chi connectivity index (χ3n) is 3.63. The van der Waals surface area contributed by atoms with Crippen molar-refractivity contribution in [3.8, 4) is 0 Å². The molecule has 1 saturated carbocycles. The van der Waals surface area contributed by atoms with Crippen LogP contribution < -0.4 is 0 Å². The number of carbonyl (C=O) groups excluding carboxylic acids is 1. The van der Waals surface area contributed by atoms with Crippen molar-refractivity contribution in [2.45, 2.75) is 69.2 Å². The van der Waals surface area contributed by atoms with Crippen LogP contribution >= 0.6 is 0 Å². The lowest BCUT2D eigenvalue weighted by Crippen LogP contribution is -2.62. The van der Waals surface area contributed by atoms with Crippen LogP contribution in [0.5, 0.6) is 0 Å². The van der Waals surface area contributed by atoms with Crippen molar-refractivity contribution < 1.29 is 50.5 Å². The average molecular weight is 366 g/mol. The van der Waals surface area contributed by atoms with Gasteiger partial charge in [0, 0.05) is 6.92 Å². The monoisotopic (exact) mass is 366 g/mol. The largest absolute Gasteiger partial charge is 0.481 e. The van der Waals surface area contributed by atoms with E-state index in [2.05, 4.69) is 4.74 Å². The van der Waals surface area contributed by atoms with Crippen LogP contribution in [0.2, 0.25) is 0 Å². The fourth-order valence-electron chi connectivity index (χ4n) is 2.55. The Morgan fingerprint density at radius 1 is 1.00 bits per heavy atom. The predicted molar refractivity (Wildman–Crippen MR) is 66.0 cm³/mol. The van der Waals surface area contributed by atoms with Crippen molar-refractivity contribution in [3.05, 3.63) is 0 Å². The summed E-state index contributed by atoms with van der Waals surface area (Å²) in [6.45, 7) is 0.962. The first-order chi connectivity index (χ1) is 10.8. The van der Waals surface area contributed by atoms with Gasteiger partial charge >= 0.3 is 24.3 Å². The van der Waals surface area contributed by atoms with Gasteiger partial charge in [0.2, 0.25) is 0 Å². The SMILES string of the molecule is CC(=O)OC1CCCCC1OC(CC(=O)O)(C(F)(F)F)C(F)(F)F. The zero-order valence-electron chi connectivity index (χ0n) is 12.5. The normalized spacial score (nSPS) is 23.0. The number of ether oxygens (including phenoxy) is 2. The topological polar surface area (TPSA) is 72.8 Å². The molecule has 0 radical (unpaired) electrons. The standard InChI is InChI=1S/C13H16F6O5/c1-7(20)23-8-4-2-3-5-9(8)24-11(6-10(21)22,12(14,15)16)13(17,18)19/h8-9H,2-6H2,1H3,(H,21,22). The first-order valence-corrected chi connectivity index (χ1v) is 7.00. The van der Waals surface area contributed by atoms with Gasteiger partial charge in [-0.2, -0.15) is 26.3 Å². The van der Waals surface area contributed by atoms with Crippen LogP contribution in [0, 0.1) is 0 Å². The molecule has 5 nitrogen and oxygen atoms in total. The van der Waals surface area contributed by atoms with Gasteiger partial charge in [-0.05, 0) is 19.3 Å². The van der Waals surface area contributed by atoms with E-state index in [4.69, 9.17) is 9.84 Å². The highest BCUT2D eigenvalue weighted by Crippen LogP contribution is 2.50. The molecule has 0 aromatic carbocycles. The number of aliphatic carboxylic acids is 1. The lowest BCUT2D eigenvalue weighted by Gasteiger charge is -2.41. The molecule has 0 heterocycles. The third-order valence-corrected chi connectivity index (χ3v) is 3.63. The van der Waals surface area contributed by atoms with Crippen LogP contribution in [0.3, 0.4) is 0 Å². The second-order valence-electron chi connectivity index (χ2n) is 5.48. The van der Waals surface area contributed by atoms with E-state index in [9.17, 15) is 35.9 Å². The number of carboxylic acid groups (broad SMARTS) is 1. The van der Waals surface area contributed by atoms with Crippen LogP contribution in [-0.4, -0.2) is 47.2 Å². The number of esters is 1. The van der Waals surface area contributed by atoms with E-state index in [1.54, 1.807) is 0 Å². The molecular weight excluding hydrogens is 350 g/mol. The Morgan fingerprint density at radius 2 is 1.46 bits per heavy atom. The second-order valence-corrected chi connectivity index (χ2v) is 5.48. The minimum absolute atomic E-state index is 0.0309. The molecule has 0 amide bonds. The lowest BCUT2D eigenvalue weighted by molar-refractivity contribution is -0.395. The molecule has 1 rings (SSSR count). The van der Waals surface area contributed by atoms with Crippen LogP contribution in [0.25, 0.3) is 0 Å². The van der Waals surface area contributed by atoms with E-state index < -0.39 is 48.5 Å². The third kappa shape index (κ3) is 4.52. The van der Waals surface area contributed by atoms with Gasteiger partial charge in [-0.1, -0.05) is 6.42 Å². The number of carboxylic acids is 1. The molecule has 24 heavy (non-hydrogen) atoms. The Labute approximate surface area is 132 Å². The van der Waals surface area contributed by atoms with Gasteiger partial charge in [-0.15, -0.1) is 0 Å². The van der Waals surface area contributed by atoms with Gasteiger partial charge in [0.1, 0.15) is 6.10 Å². The fourth-order valence-corrected chi connectivity index (χ4v) is 2.55. The molecule has 1 aliphatic rings. The summed E-state index contributed by atoms with van der Waals surface area (Å²) in [5.74, 6) is -3.19. The van der Waals surface area contributed by atoms with Crippen LogP contribution in [0.15, 0.2) is 0 Å². The van der Waals surface area contributed by atoms with E-state index in [1.807, 2.05) is 0 Å². The van der Waals surface area contributed by atoms with E-state index in [0.717, 1.165) is 6.92 Å². The highest BCUT2D eigenvalue weighted by Gasteiger charge is 2.74. The molecule has 140 valence electrons. The quantitative estimate of drug-likeness (QED) is 0.598. The van der Waals surface area contributed by atoms with E-state index in [1.165, 1.54) is 0 Å². The van der Waals surface area contributed by atoms with E-state index >= 15 is 0 Å². The minimum Gasteiger partial charge on any atom is -0.481 e. The molecule has 0 spiro atoms. The second kappa shape index (κ2) is 7.16. The maximum Gasteiger partial charge on any atom is 0.427 e. The molecule has 0 saturated heterocycles. The Kier molecular flexibility index (Phi) is 6.12. The lowest BCUT2D eigenvalue weighted by atomic mass is 9.91. The number of alkyl halides is 6. The summed E-state index contributed by atoms with van der Waals surface area (Å²) in [6, 6.07) is 0. The van der Waals surface area contributed by atoms with Crippen molar-refractivity contribution >= 4 is 11.9 Å². The molecule has 0 aliphatic heterocycles. The molecule has 2 unspecified atom stereocenters. The maximum atomic E-state index is 13.2. The number of halogens is 6. The first kappa shape index (κ1) is 20.5. The smallest absolute Gasteiger partial charge is 0.427 e. The van der Waals surface area contributed by atoms with Gasteiger partial charge < -0.3 is 14.6 Å². The summed E-state index contributed by atoms with van der Waals surface area (Å²) in [5, 5.41) is 8.55. The molecular formula is C13H16F6O5. The van der Waals surface area contributed by atoms with Crippen molar-refractivity contribution in [1.82, 2.24) is 0 Å². The maximum absolute atomic E-state index is 13.2. The molecule has 1 N–H and O–H groups in total. The van der Waals surface area contributed by atoms with E-state index in [-0.39, 0.29) is 19.3 Å². The zero-order chi connectivity index (χ0) is 18.8. The molecule has 11 heteroatoms. The van der Waals surface area contributed by atoms with Crippen molar-refractivity contribution in [2.75, 3.05) is 0 Å². The number of hydrogen-bond acceptors (Lipinski definition) is 4. The van der Waals surface area contributed by atoms with Crippen molar-refractivity contribution in [2.24, 2.45) is 0 Å². The van der Waals surface area contributed by atoms with Gasteiger partial charge in [-0.3, -0.25) is 9.59 Å². The number of carbonyl (C=O) groups is 2. The summed E-state index contributed by atoms with van der Waals surface area (Å²) in [4.78, 5) is 21.6. The summed E-state index contributed by atoms with van der Waals surface area (Å²) in [5.41, 5.74) is -4.87. The average Bonchev–Trinajstić information content (AvgIpc) is 2.36. The number of hydrogen-bond donors (Lipinski definition) is 1. The Hall–Kier alpha value is -1.52. The highest BCUT2D eigenvalue weighted by molar-refractivity contribution is 5.68. The Balaban J connectivity index is 3.23. The summed E-state index contributed by atoms with van der Waals surface area (Å²) < 4.78 is 88.0. The number of rotatable bonds is 5. The van der Waals surface area contributed by atoms with E-state index in [0.29, 0.717) is 6.42 Å². The summed E-state index contributed by atoms with van der Waals surface area (Å²) in [7, 11) is 0. The van der Waals surface area contributed by atoms with Gasteiger partial charge in [0.05, 0.1) is 12.5 Å². The summed E-state index contributed by atoms with van der Waals surface area (Å²) in [6.07, 6.45) is -16.8. The van der Waals surface area contributed by atoms with Crippen LogP contribution in [-0.2, 0) is 19.1 Å². The Morgan fingerprint density at radius 3 is 1.83 bits per heavy atom. The van der Waals surface area contributed by atoms with Crippen LogP contribution in [0.1, 0.15) is 39.0 Å².